The molecule has 150 valence electrons. The molecule has 1 amide bonds. The molecular weight excluding hydrogens is 360 g/mol. The van der Waals surface area contributed by atoms with Crippen LogP contribution in [-0.4, -0.2) is 59.3 Å². The summed E-state index contributed by atoms with van der Waals surface area (Å²) in [5, 5.41) is 0. The van der Waals surface area contributed by atoms with Crippen LogP contribution in [0, 0.1) is 6.92 Å². The van der Waals surface area contributed by atoms with Gasteiger partial charge in [0.1, 0.15) is 0 Å². The van der Waals surface area contributed by atoms with Crippen LogP contribution in [0.25, 0.3) is 0 Å². The Bertz CT molecular complexity index is 955. The number of hydrogen-bond acceptors (Lipinski definition) is 4. The lowest BCUT2D eigenvalue weighted by molar-refractivity contribution is -0.125. The van der Waals surface area contributed by atoms with E-state index in [9.17, 15) is 4.79 Å². The molecule has 0 N–H and O–H groups in total. The van der Waals surface area contributed by atoms with Gasteiger partial charge in [-0.05, 0) is 30.9 Å². The second kappa shape index (κ2) is 7.64. The molecule has 0 saturated carbocycles. The van der Waals surface area contributed by atoms with Gasteiger partial charge in [-0.1, -0.05) is 48.1 Å². The van der Waals surface area contributed by atoms with Crippen LogP contribution in [0.2, 0.25) is 0 Å². The average Bonchev–Trinajstić information content (AvgIpc) is 3.23. The number of fused-ring (bicyclic) bond motifs is 2. The highest BCUT2D eigenvalue weighted by Gasteiger charge is 2.41. The van der Waals surface area contributed by atoms with Crippen molar-refractivity contribution in [2.75, 3.05) is 32.7 Å². The lowest BCUT2D eigenvalue weighted by atomic mass is 9.98. The Labute approximate surface area is 172 Å². The highest BCUT2D eigenvalue weighted by molar-refractivity contribution is 6.09. The maximum absolute atomic E-state index is 13.6. The van der Waals surface area contributed by atoms with Gasteiger partial charge < -0.3 is 4.90 Å². The Morgan fingerprint density at radius 1 is 1.10 bits per heavy atom. The molecule has 0 atom stereocenters. The molecule has 1 aromatic carbocycles. The van der Waals surface area contributed by atoms with Crippen molar-refractivity contribution in [1.82, 2.24) is 14.7 Å². The Balaban J connectivity index is 1.40. The highest BCUT2D eigenvalue weighted by Crippen LogP contribution is 2.32. The molecule has 4 aliphatic rings. The summed E-state index contributed by atoms with van der Waals surface area (Å²) < 4.78 is 0. The number of rotatable bonds is 4. The van der Waals surface area contributed by atoms with Crippen LogP contribution in [0.15, 0.2) is 64.3 Å². The van der Waals surface area contributed by atoms with Crippen LogP contribution in [0.5, 0.6) is 0 Å². The predicted octanol–water partition coefficient (Wildman–Crippen LogP) is 3.25. The van der Waals surface area contributed by atoms with Crippen molar-refractivity contribution in [3.8, 4) is 0 Å². The third kappa shape index (κ3) is 3.44. The molecule has 0 saturated heterocycles. The topological polar surface area (TPSA) is 39.2 Å². The minimum Gasteiger partial charge on any atom is -0.314 e. The van der Waals surface area contributed by atoms with Gasteiger partial charge in [0.2, 0.25) is 5.96 Å². The third-order valence-electron chi connectivity index (χ3n) is 6.40. The normalized spacial score (nSPS) is 21.9. The smallest absolute Gasteiger partial charge is 0.259 e. The number of hydrogen-bond donors (Lipinski definition) is 0. The zero-order chi connectivity index (χ0) is 19.8. The molecule has 5 nitrogen and oxygen atoms in total. The zero-order valence-corrected chi connectivity index (χ0v) is 17.1. The first kappa shape index (κ1) is 18.4. The second-order valence-electron chi connectivity index (χ2n) is 8.33. The Morgan fingerprint density at radius 2 is 2.00 bits per heavy atom. The number of carbonyl (C=O) groups excluding carboxylic acids is 1. The fourth-order valence-corrected chi connectivity index (χ4v) is 4.78. The summed E-state index contributed by atoms with van der Waals surface area (Å²) in [7, 11) is 0. The molecule has 1 aromatic rings. The van der Waals surface area contributed by atoms with Crippen LogP contribution < -0.4 is 0 Å². The van der Waals surface area contributed by atoms with Gasteiger partial charge in [0.05, 0.1) is 18.7 Å². The predicted molar refractivity (Wildman–Crippen MR) is 115 cm³/mol. The van der Waals surface area contributed by atoms with Gasteiger partial charge >= 0.3 is 0 Å². The minimum absolute atomic E-state index is 0.141. The summed E-state index contributed by atoms with van der Waals surface area (Å²) in [4.78, 5) is 24.9. The molecule has 0 unspecified atom stereocenters. The standard InChI is InChI=1S/C24H28N4O/c1-18-7-5-6-10-20(18)16-28-23(29)21-17-26(15-19-8-3-2-4-9-19)13-11-22(21)27-14-12-25-24(27)28/h2-3,5-8,10H,4,9,11-17H2,1H3. The van der Waals surface area contributed by atoms with E-state index >= 15 is 0 Å². The quantitative estimate of drug-likeness (QED) is 0.795. The van der Waals surface area contributed by atoms with E-state index in [2.05, 4.69) is 47.1 Å². The van der Waals surface area contributed by atoms with Gasteiger partial charge in [0.15, 0.2) is 0 Å². The van der Waals surface area contributed by atoms with E-state index in [4.69, 9.17) is 4.99 Å². The molecule has 5 rings (SSSR count). The zero-order valence-electron chi connectivity index (χ0n) is 17.1. The lowest BCUT2D eigenvalue weighted by Gasteiger charge is -2.42. The number of aryl methyl sites for hydroxylation is 1. The molecule has 0 aromatic heterocycles. The first-order chi connectivity index (χ1) is 14.2. The molecule has 5 heteroatoms. The third-order valence-corrected chi connectivity index (χ3v) is 6.40. The maximum Gasteiger partial charge on any atom is 0.259 e. The molecule has 0 fully saturated rings. The number of nitrogens with zero attached hydrogens (tertiary/aromatic N) is 4. The van der Waals surface area contributed by atoms with Crippen LogP contribution >= 0.6 is 0 Å². The molecule has 29 heavy (non-hydrogen) atoms. The molecule has 0 bridgehead atoms. The number of benzene rings is 1. The summed E-state index contributed by atoms with van der Waals surface area (Å²) in [5.74, 6) is 0.993. The van der Waals surface area contributed by atoms with Crippen molar-refractivity contribution in [1.29, 1.82) is 0 Å². The fraction of sp³-hybridized carbons (Fsp3) is 0.417. The van der Waals surface area contributed by atoms with E-state index in [1.54, 1.807) is 0 Å². The van der Waals surface area contributed by atoms with E-state index in [0.29, 0.717) is 6.54 Å². The van der Waals surface area contributed by atoms with E-state index in [1.807, 2.05) is 17.0 Å². The van der Waals surface area contributed by atoms with E-state index in [1.165, 1.54) is 22.4 Å². The van der Waals surface area contributed by atoms with Crippen molar-refractivity contribution in [2.24, 2.45) is 4.99 Å². The van der Waals surface area contributed by atoms with Gasteiger partial charge in [-0.25, -0.2) is 0 Å². The van der Waals surface area contributed by atoms with Crippen molar-refractivity contribution >= 4 is 11.9 Å². The average molecular weight is 389 g/mol. The number of guanidine groups is 1. The van der Waals surface area contributed by atoms with E-state index in [0.717, 1.165) is 63.5 Å². The Hall–Kier alpha value is -2.66. The number of allylic oxidation sites excluding steroid dienone is 3. The molecule has 1 aliphatic carbocycles. The van der Waals surface area contributed by atoms with Crippen molar-refractivity contribution in [2.45, 2.75) is 32.7 Å². The first-order valence-corrected chi connectivity index (χ1v) is 10.7. The molecular formula is C24H28N4O. The summed E-state index contributed by atoms with van der Waals surface area (Å²) >= 11 is 0. The highest BCUT2D eigenvalue weighted by atomic mass is 16.2. The van der Waals surface area contributed by atoms with Crippen LogP contribution in [-0.2, 0) is 11.3 Å². The monoisotopic (exact) mass is 388 g/mol. The number of carbonyl (C=O) groups is 1. The van der Waals surface area contributed by atoms with Crippen molar-refractivity contribution in [3.63, 3.8) is 0 Å². The van der Waals surface area contributed by atoms with Crippen molar-refractivity contribution in [3.05, 3.63) is 70.5 Å². The second-order valence-corrected chi connectivity index (χ2v) is 8.33. The largest absolute Gasteiger partial charge is 0.314 e. The summed E-state index contributed by atoms with van der Waals surface area (Å²) in [6.07, 6.45) is 9.82. The first-order valence-electron chi connectivity index (χ1n) is 10.7. The Morgan fingerprint density at radius 3 is 2.83 bits per heavy atom. The summed E-state index contributed by atoms with van der Waals surface area (Å²) in [6, 6.07) is 8.31. The van der Waals surface area contributed by atoms with E-state index in [-0.39, 0.29) is 5.91 Å². The maximum atomic E-state index is 13.6. The Kier molecular flexibility index (Phi) is 4.84. The number of amides is 1. The molecule has 0 radical (unpaired) electrons. The fourth-order valence-electron chi connectivity index (χ4n) is 4.78. The van der Waals surface area contributed by atoms with Gasteiger partial charge in [0, 0.05) is 38.3 Å². The van der Waals surface area contributed by atoms with Gasteiger partial charge in [0.25, 0.3) is 5.91 Å². The van der Waals surface area contributed by atoms with Gasteiger partial charge in [-0.2, -0.15) is 0 Å². The van der Waals surface area contributed by atoms with Gasteiger partial charge in [-0.3, -0.25) is 19.6 Å². The van der Waals surface area contributed by atoms with Crippen LogP contribution in [0.1, 0.15) is 30.4 Å². The van der Waals surface area contributed by atoms with E-state index < -0.39 is 0 Å². The van der Waals surface area contributed by atoms with Crippen molar-refractivity contribution < 1.29 is 4.79 Å². The number of aliphatic imine (C=N–C) groups is 1. The SMILES string of the molecule is Cc1ccccc1CN1C(=O)C2=C(CCN(CC3=CC=CCC3)C2)N2CCN=C12. The van der Waals surface area contributed by atoms with Crippen LogP contribution in [0.4, 0.5) is 0 Å². The minimum atomic E-state index is 0.141. The lowest BCUT2D eigenvalue weighted by Crippen LogP contribution is -2.54. The summed E-state index contributed by atoms with van der Waals surface area (Å²) in [6.45, 7) is 7.07. The summed E-state index contributed by atoms with van der Waals surface area (Å²) in [5.41, 5.74) is 6.05. The molecule has 3 aliphatic heterocycles. The molecule has 0 spiro atoms. The van der Waals surface area contributed by atoms with Gasteiger partial charge in [-0.15, -0.1) is 0 Å². The molecule has 3 heterocycles. The van der Waals surface area contributed by atoms with Crippen LogP contribution in [0.3, 0.4) is 0 Å².